The van der Waals surface area contributed by atoms with Crippen molar-refractivity contribution in [2.75, 3.05) is 19.3 Å². The van der Waals surface area contributed by atoms with Crippen molar-refractivity contribution in [3.05, 3.63) is 28.8 Å². The minimum Gasteiger partial charge on any atom is -0.350 e. The number of nitrogens with one attached hydrogen (secondary N) is 1. The van der Waals surface area contributed by atoms with Crippen LogP contribution >= 0.6 is 11.6 Å². The molecule has 0 aromatic heterocycles. The van der Waals surface area contributed by atoms with Gasteiger partial charge in [0.1, 0.15) is 0 Å². The number of amides is 2. The molecule has 0 aliphatic carbocycles. The summed E-state index contributed by atoms with van der Waals surface area (Å²) in [4.78, 5) is 26.0. The van der Waals surface area contributed by atoms with Gasteiger partial charge in [0.05, 0.1) is 22.0 Å². The van der Waals surface area contributed by atoms with Gasteiger partial charge in [-0.15, -0.1) is 0 Å². The number of halogens is 1. The fourth-order valence-electron chi connectivity index (χ4n) is 2.03. The molecule has 2 amide bonds. The van der Waals surface area contributed by atoms with Gasteiger partial charge < -0.3 is 10.2 Å². The van der Waals surface area contributed by atoms with Crippen molar-refractivity contribution in [1.29, 1.82) is 0 Å². The monoisotopic (exact) mass is 374 g/mol. The van der Waals surface area contributed by atoms with Crippen LogP contribution in [0, 0.1) is 0 Å². The topological polar surface area (TPSA) is 83.6 Å². The normalized spacial score (nSPS) is 11.9. The van der Waals surface area contributed by atoms with Crippen LogP contribution < -0.4 is 5.32 Å². The number of carbonyl (C=O) groups is 2. The third kappa shape index (κ3) is 5.79. The molecule has 0 saturated heterocycles. The first-order chi connectivity index (χ1) is 10.8. The highest BCUT2D eigenvalue weighted by molar-refractivity contribution is 7.90. The fourth-order valence-corrected chi connectivity index (χ4v) is 2.87. The molecule has 0 aliphatic heterocycles. The lowest BCUT2D eigenvalue weighted by atomic mass is 10.1. The van der Waals surface area contributed by atoms with Crippen molar-refractivity contribution in [3.8, 4) is 0 Å². The van der Waals surface area contributed by atoms with Gasteiger partial charge in [0.2, 0.25) is 5.91 Å². The number of rotatable bonds is 5. The molecule has 0 heterocycles. The minimum absolute atomic E-state index is 0.00504. The van der Waals surface area contributed by atoms with E-state index in [1.165, 1.54) is 23.1 Å². The maximum absolute atomic E-state index is 12.6. The summed E-state index contributed by atoms with van der Waals surface area (Å²) in [6, 6.07) is 3.95. The van der Waals surface area contributed by atoms with E-state index in [0.717, 1.165) is 6.26 Å². The number of nitrogens with zero attached hydrogens (tertiary/aromatic N) is 1. The van der Waals surface area contributed by atoms with Crippen LogP contribution in [0.1, 0.15) is 38.1 Å². The molecule has 6 nitrogen and oxygen atoms in total. The van der Waals surface area contributed by atoms with E-state index in [2.05, 4.69) is 5.32 Å². The summed E-state index contributed by atoms with van der Waals surface area (Å²) in [5.41, 5.74) is -0.349. The maximum atomic E-state index is 12.6. The number of carbonyl (C=O) groups excluding carboxylic acids is 2. The van der Waals surface area contributed by atoms with Gasteiger partial charge in [0, 0.05) is 18.3 Å². The van der Waals surface area contributed by atoms with Gasteiger partial charge in [-0.05, 0) is 45.9 Å². The summed E-state index contributed by atoms with van der Waals surface area (Å²) in [6.45, 7) is 7.42. The Labute approximate surface area is 148 Å². The molecule has 0 atom stereocenters. The van der Waals surface area contributed by atoms with Gasteiger partial charge in [-0.1, -0.05) is 11.6 Å². The van der Waals surface area contributed by atoms with Crippen LogP contribution in [0.25, 0.3) is 0 Å². The quantitative estimate of drug-likeness (QED) is 0.855. The second kappa shape index (κ2) is 7.53. The molecule has 0 bridgehead atoms. The smallest absolute Gasteiger partial charge is 0.255 e. The number of hydrogen-bond donors (Lipinski definition) is 1. The van der Waals surface area contributed by atoms with Crippen molar-refractivity contribution >= 4 is 33.3 Å². The van der Waals surface area contributed by atoms with E-state index in [1.54, 1.807) is 6.92 Å². The number of sulfone groups is 1. The van der Waals surface area contributed by atoms with Gasteiger partial charge >= 0.3 is 0 Å². The molecule has 0 fully saturated rings. The minimum atomic E-state index is -3.46. The Morgan fingerprint density at radius 1 is 1.25 bits per heavy atom. The molecular weight excluding hydrogens is 352 g/mol. The molecule has 8 heteroatoms. The number of hydrogen-bond acceptors (Lipinski definition) is 4. The highest BCUT2D eigenvalue weighted by atomic mass is 35.5. The second-order valence-corrected chi connectivity index (χ2v) is 8.95. The second-order valence-electron chi connectivity index (χ2n) is 6.53. The summed E-state index contributed by atoms with van der Waals surface area (Å²) < 4.78 is 23.3. The fraction of sp³-hybridized carbons (Fsp3) is 0.500. The number of likely N-dealkylation sites (N-methyl/N-ethyl adjacent to an activating group) is 1. The Balaban J connectivity index is 3.08. The zero-order valence-electron chi connectivity index (χ0n) is 14.5. The van der Waals surface area contributed by atoms with E-state index >= 15 is 0 Å². The van der Waals surface area contributed by atoms with Crippen LogP contribution in [0.2, 0.25) is 5.02 Å². The van der Waals surface area contributed by atoms with E-state index < -0.39 is 21.3 Å². The first-order valence-electron chi connectivity index (χ1n) is 7.45. The molecule has 0 radical (unpaired) electrons. The van der Waals surface area contributed by atoms with Gasteiger partial charge in [-0.3, -0.25) is 9.59 Å². The molecule has 24 heavy (non-hydrogen) atoms. The van der Waals surface area contributed by atoms with E-state index in [9.17, 15) is 18.0 Å². The maximum Gasteiger partial charge on any atom is 0.255 e. The van der Waals surface area contributed by atoms with Crippen molar-refractivity contribution in [3.63, 3.8) is 0 Å². The predicted octanol–water partition coefficient (Wildman–Crippen LogP) is 2.12. The molecular formula is C16H23ClN2O4S. The van der Waals surface area contributed by atoms with Crippen molar-refractivity contribution < 1.29 is 18.0 Å². The summed E-state index contributed by atoms with van der Waals surface area (Å²) in [6.07, 6.45) is 1.05. The van der Waals surface area contributed by atoms with E-state index in [0.29, 0.717) is 0 Å². The van der Waals surface area contributed by atoms with Crippen molar-refractivity contribution in [1.82, 2.24) is 10.2 Å². The van der Waals surface area contributed by atoms with Crippen LogP contribution in [-0.4, -0.2) is 50.0 Å². The zero-order valence-corrected chi connectivity index (χ0v) is 16.1. The van der Waals surface area contributed by atoms with Crippen LogP contribution in [0.5, 0.6) is 0 Å². The lowest BCUT2D eigenvalue weighted by Crippen LogP contribution is -2.47. The molecule has 1 N–H and O–H groups in total. The Bertz CT molecular complexity index is 739. The SMILES string of the molecule is CCN(CC(=O)NC(C)(C)C)C(=O)c1cc(S(C)(=O)=O)ccc1Cl. The van der Waals surface area contributed by atoms with Crippen LogP contribution in [0.4, 0.5) is 0 Å². The Kier molecular flexibility index (Phi) is 6.41. The van der Waals surface area contributed by atoms with E-state index in [4.69, 9.17) is 11.6 Å². The zero-order chi connectivity index (χ0) is 18.7. The van der Waals surface area contributed by atoms with Crippen LogP contribution in [0.15, 0.2) is 23.1 Å². The summed E-state index contributed by atoms with van der Waals surface area (Å²) in [7, 11) is -3.46. The summed E-state index contributed by atoms with van der Waals surface area (Å²) in [5.74, 6) is -0.787. The van der Waals surface area contributed by atoms with Crippen LogP contribution in [0.3, 0.4) is 0 Å². The molecule has 1 aromatic rings. The summed E-state index contributed by atoms with van der Waals surface area (Å²) in [5, 5.41) is 2.92. The molecule has 0 spiro atoms. The first-order valence-corrected chi connectivity index (χ1v) is 9.72. The summed E-state index contributed by atoms with van der Waals surface area (Å²) >= 11 is 6.04. The molecule has 0 aliphatic rings. The largest absolute Gasteiger partial charge is 0.350 e. The standard InChI is InChI=1S/C16H23ClN2O4S/c1-6-19(10-14(20)18-16(2,3)4)15(21)12-9-11(24(5,22)23)7-8-13(12)17/h7-9H,6,10H2,1-5H3,(H,18,20). The van der Waals surface area contributed by atoms with E-state index in [1.807, 2.05) is 20.8 Å². The van der Waals surface area contributed by atoms with Crippen molar-refractivity contribution in [2.45, 2.75) is 38.1 Å². The Hall–Kier alpha value is -1.60. The van der Waals surface area contributed by atoms with Crippen molar-refractivity contribution in [2.24, 2.45) is 0 Å². The van der Waals surface area contributed by atoms with Crippen LogP contribution in [-0.2, 0) is 14.6 Å². The van der Waals surface area contributed by atoms with Gasteiger partial charge in [0.15, 0.2) is 9.84 Å². The lowest BCUT2D eigenvalue weighted by molar-refractivity contribution is -0.123. The van der Waals surface area contributed by atoms with Gasteiger partial charge in [0.25, 0.3) is 5.91 Å². The highest BCUT2D eigenvalue weighted by Crippen LogP contribution is 2.22. The van der Waals surface area contributed by atoms with Gasteiger partial charge in [-0.2, -0.15) is 0 Å². The molecule has 1 rings (SSSR count). The molecule has 0 saturated carbocycles. The Morgan fingerprint density at radius 2 is 1.83 bits per heavy atom. The molecule has 0 unspecified atom stereocenters. The average Bonchev–Trinajstić information content (AvgIpc) is 2.41. The number of benzene rings is 1. The molecule has 1 aromatic carbocycles. The third-order valence-electron chi connectivity index (χ3n) is 3.11. The highest BCUT2D eigenvalue weighted by Gasteiger charge is 2.23. The average molecular weight is 375 g/mol. The molecule has 134 valence electrons. The van der Waals surface area contributed by atoms with E-state index in [-0.39, 0.29) is 34.5 Å². The first kappa shape index (κ1) is 20.4. The third-order valence-corrected chi connectivity index (χ3v) is 4.55. The van der Waals surface area contributed by atoms with Gasteiger partial charge in [-0.25, -0.2) is 8.42 Å². The predicted molar refractivity (Wildman–Crippen MR) is 94.0 cm³/mol. The lowest BCUT2D eigenvalue weighted by Gasteiger charge is -2.25. The Morgan fingerprint density at radius 3 is 2.29 bits per heavy atom.